The lowest BCUT2D eigenvalue weighted by molar-refractivity contribution is 0.0943. The molecule has 206 valence electrons. The summed E-state index contributed by atoms with van der Waals surface area (Å²) >= 11 is 0. The van der Waals surface area contributed by atoms with Crippen LogP contribution in [0.25, 0.3) is 0 Å². The minimum atomic E-state index is -4.14. The number of methoxy groups -OCH3 is 2. The number of hydrogen-bond donors (Lipinski definition) is 3. The van der Waals surface area contributed by atoms with E-state index >= 15 is 0 Å². The monoisotopic (exact) mass is 557 g/mol. The van der Waals surface area contributed by atoms with E-state index in [1.54, 1.807) is 53.4 Å². The van der Waals surface area contributed by atoms with E-state index in [1.165, 1.54) is 14.2 Å². The van der Waals surface area contributed by atoms with Gasteiger partial charge < -0.3 is 19.7 Å². The third kappa shape index (κ3) is 6.90. The van der Waals surface area contributed by atoms with E-state index in [1.807, 2.05) is 0 Å². The lowest BCUT2D eigenvalue weighted by Crippen LogP contribution is -2.47. The van der Waals surface area contributed by atoms with Crippen molar-refractivity contribution in [2.45, 2.75) is 18.1 Å². The summed E-state index contributed by atoms with van der Waals surface area (Å²) in [4.78, 5) is 22.2. The molecule has 0 radical (unpaired) electrons. The van der Waals surface area contributed by atoms with Crippen molar-refractivity contribution in [1.82, 2.24) is 20.8 Å². The molecular formula is C25H28FN7O5S. The summed E-state index contributed by atoms with van der Waals surface area (Å²) in [6.45, 7) is 0.565. The molecule has 1 aliphatic rings. The highest BCUT2D eigenvalue weighted by atomic mass is 32.2. The van der Waals surface area contributed by atoms with Crippen molar-refractivity contribution in [3.05, 3.63) is 72.3 Å². The molecule has 1 fully saturated rings. The molecule has 1 amide bonds. The summed E-state index contributed by atoms with van der Waals surface area (Å²) in [5.41, 5.74) is 5.69. The Labute approximate surface area is 225 Å². The zero-order chi connectivity index (χ0) is 27.8. The van der Waals surface area contributed by atoms with E-state index in [-0.39, 0.29) is 18.5 Å². The second-order valence-electron chi connectivity index (χ2n) is 8.47. The van der Waals surface area contributed by atoms with Crippen LogP contribution in [0, 0.1) is 5.82 Å². The molecule has 3 N–H and O–H groups in total. The molecule has 3 aromatic rings. The van der Waals surface area contributed by atoms with Crippen molar-refractivity contribution < 1.29 is 27.1 Å². The molecular weight excluding hydrogens is 529 g/mol. The smallest absolute Gasteiger partial charge is 0.269 e. The average molecular weight is 558 g/mol. The molecule has 1 saturated heterocycles. The molecule has 4 rings (SSSR count). The number of guanidine groups is 1. The van der Waals surface area contributed by atoms with Gasteiger partial charge in [0.05, 0.1) is 31.9 Å². The Hall–Kier alpha value is -4.46. The summed E-state index contributed by atoms with van der Waals surface area (Å²) < 4.78 is 55.0. The maximum Gasteiger partial charge on any atom is 0.269 e. The summed E-state index contributed by atoms with van der Waals surface area (Å²) in [7, 11) is -1.24. The number of sulfonamides is 1. The first kappa shape index (κ1) is 27.6. The first-order valence-electron chi connectivity index (χ1n) is 12.0. The minimum Gasteiger partial charge on any atom is -0.494 e. The van der Waals surface area contributed by atoms with Crippen molar-refractivity contribution >= 4 is 33.5 Å². The van der Waals surface area contributed by atoms with E-state index in [0.29, 0.717) is 42.1 Å². The van der Waals surface area contributed by atoms with Crippen LogP contribution in [-0.2, 0) is 10.0 Å². The van der Waals surface area contributed by atoms with Crippen LogP contribution in [0.3, 0.4) is 0 Å². The zero-order valence-corrected chi connectivity index (χ0v) is 22.1. The number of ether oxygens (including phenoxy) is 2. The predicted molar refractivity (Wildman–Crippen MR) is 144 cm³/mol. The second kappa shape index (κ2) is 12.4. The van der Waals surface area contributed by atoms with Crippen LogP contribution in [0.1, 0.15) is 23.2 Å². The molecule has 39 heavy (non-hydrogen) atoms. The number of rotatable bonds is 7. The van der Waals surface area contributed by atoms with Crippen LogP contribution < -0.4 is 30.5 Å². The number of piperidine rings is 1. The number of hydrogen-bond acceptors (Lipinski definition) is 8. The van der Waals surface area contributed by atoms with Crippen molar-refractivity contribution in [1.29, 1.82) is 0 Å². The van der Waals surface area contributed by atoms with Gasteiger partial charge >= 0.3 is 0 Å². The van der Waals surface area contributed by atoms with Gasteiger partial charge in [-0.2, -0.15) is 0 Å². The maximum atomic E-state index is 13.5. The van der Waals surface area contributed by atoms with Gasteiger partial charge in [-0.3, -0.25) is 15.6 Å². The van der Waals surface area contributed by atoms with E-state index in [2.05, 4.69) is 30.5 Å². The van der Waals surface area contributed by atoms with E-state index < -0.39 is 27.0 Å². The first-order valence-corrected chi connectivity index (χ1v) is 13.5. The van der Waals surface area contributed by atoms with Crippen molar-refractivity contribution in [3.8, 4) is 11.5 Å². The number of para-hydroxylation sites is 1. The number of carbonyl (C=O) groups excluding carboxylic acids is 1. The van der Waals surface area contributed by atoms with Gasteiger partial charge in [0.25, 0.3) is 15.9 Å². The molecule has 0 aliphatic carbocycles. The number of amides is 1. The lowest BCUT2D eigenvalue weighted by Gasteiger charge is -2.31. The Bertz CT molecular complexity index is 1400. The quantitative estimate of drug-likeness (QED) is 0.225. The van der Waals surface area contributed by atoms with Crippen molar-refractivity contribution in [2.75, 3.05) is 37.5 Å². The molecule has 14 heteroatoms. The Morgan fingerprint density at radius 3 is 2.33 bits per heavy atom. The predicted octanol–water partition coefficient (Wildman–Crippen LogP) is 2.33. The largest absolute Gasteiger partial charge is 0.494 e. The SMILES string of the molecule is COc1cccc(OC)c1N/C(=N/S(=O)(=O)[C@@H]1CCCN(c2ncc(F)cn2)C1)NNC(=O)c1ccccc1. The molecule has 0 bridgehead atoms. The summed E-state index contributed by atoms with van der Waals surface area (Å²) in [6, 6.07) is 13.4. The van der Waals surface area contributed by atoms with E-state index in [0.717, 1.165) is 12.4 Å². The van der Waals surface area contributed by atoms with Gasteiger partial charge in [0, 0.05) is 18.7 Å². The molecule has 2 heterocycles. The maximum absolute atomic E-state index is 13.5. The van der Waals surface area contributed by atoms with Crippen LogP contribution in [0.4, 0.5) is 16.0 Å². The third-order valence-corrected chi connectivity index (χ3v) is 7.57. The molecule has 0 unspecified atom stereocenters. The topological polar surface area (TPSA) is 147 Å². The van der Waals surface area contributed by atoms with Crippen LogP contribution in [0.5, 0.6) is 11.5 Å². The number of halogens is 1. The van der Waals surface area contributed by atoms with Crippen molar-refractivity contribution in [3.63, 3.8) is 0 Å². The van der Waals surface area contributed by atoms with Gasteiger partial charge in [0.15, 0.2) is 5.82 Å². The highest BCUT2D eigenvalue weighted by molar-refractivity contribution is 7.90. The highest BCUT2D eigenvalue weighted by Gasteiger charge is 2.32. The molecule has 1 aliphatic heterocycles. The van der Waals surface area contributed by atoms with Crippen LogP contribution in [0.15, 0.2) is 65.3 Å². The van der Waals surface area contributed by atoms with Gasteiger partial charge in [-0.25, -0.2) is 22.8 Å². The minimum absolute atomic E-state index is 0.0547. The van der Waals surface area contributed by atoms with Crippen molar-refractivity contribution in [2.24, 2.45) is 4.40 Å². The fourth-order valence-corrected chi connectivity index (χ4v) is 5.31. The number of hydrazine groups is 1. The van der Waals surface area contributed by atoms with E-state index in [4.69, 9.17) is 9.47 Å². The number of nitrogens with zero attached hydrogens (tertiary/aromatic N) is 4. The number of nitrogens with one attached hydrogen (secondary N) is 3. The average Bonchev–Trinajstić information content (AvgIpc) is 2.96. The summed E-state index contributed by atoms with van der Waals surface area (Å²) in [5, 5.41) is 1.97. The fraction of sp³-hybridized carbons (Fsp3) is 0.280. The molecule has 1 atom stereocenters. The third-order valence-electron chi connectivity index (χ3n) is 5.91. The molecule has 12 nitrogen and oxygen atoms in total. The first-order chi connectivity index (χ1) is 18.8. The summed E-state index contributed by atoms with van der Waals surface area (Å²) in [6.07, 6.45) is 2.92. The molecule has 1 aromatic heterocycles. The van der Waals surface area contributed by atoms with Gasteiger partial charge in [-0.1, -0.05) is 24.3 Å². The van der Waals surface area contributed by atoms with Gasteiger partial charge in [0.1, 0.15) is 17.2 Å². The van der Waals surface area contributed by atoms with Gasteiger partial charge in [-0.15, -0.1) is 4.40 Å². The molecule has 0 saturated carbocycles. The fourth-order valence-electron chi connectivity index (χ4n) is 3.98. The zero-order valence-electron chi connectivity index (χ0n) is 21.3. The molecule has 0 spiro atoms. The highest BCUT2D eigenvalue weighted by Crippen LogP contribution is 2.34. The number of aromatic nitrogens is 2. The van der Waals surface area contributed by atoms with Crippen LogP contribution in [0.2, 0.25) is 0 Å². The van der Waals surface area contributed by atoms with Crippen LogP contribution in [-0.4, -0.2) is 62.8 Å². The Morgan fingerprint density at radius 1 is 1.03 bits per heavy atom. The Kier molecular flexibility index (Phi) is 8.76. The van der Waals surface area contributed by atoms with Gasteiger partial charge in [0.2, 0.25) is 11.9 Å². The van der Waals surface area contributed by atoms with Gasteiger partial charge in [-0.05, 0) is 37.1 Å². The lowest BCUT2D eigenvalue weighted by atomic mass is 10.1. The second-order valence-corrected chi connectivity index (χ2v) is 10.4. The Morgan fingerprint density at radius 2 is 1.69 bits per heavy atom. The number of anilines is 2. The normalized spacial score (nSPS) is 15.8. The Balaban J connectivity index is 1.62. The summed E-state index contributed by atoms with van der Waals surface area (Å²) in [5.74, 6) is -0.439. The van der Waals surface area contributed by atoms with E-state index in [9.17, 15) is 17.6 Å². The standard InChI is InChI=1S/C25H28FN7O5S/c1-37-20-11-6-12-21(38-2)22(20)29-24(31-30-23(34)17-8-4-3-5-9-17)32-39(35,36)19-10-7-13-33(16-19)25-27-14-18(26)15-28-25/h3-6,8-9,11-12,14-15,19H,7,10,13,16H2,1-2H3,(H,30,34)(H2,29,31,32)/t19-/m1/s1. The number of benzene rings is 2. The van der Waals surface area contributed by atoms with Crippen LogP contribution >= 0.6 is 0 Å². The molecule has 2 aromatic carbocycles. The number of carbonyl (C=O) groups is 1.